The molecule has 0 aliphatic carbocycles. The van der Waals surface area contributed by atoms with Crippen molar-refractivity contribution in [1.82, 2.24) is 14.8 Å². The molecule has 138 valence electrons. The van der Waals surface area contributed by atoms with Crippen LogP contribution in [0.3, 0.4) is 0 Å². The Morgan fingerprint density at radius 2 is 1.78 bits per heavy atom. The lowest BCUT2D eigenvalue weighted by atomic mass is 10.0. The number of benzene rings is 2. The number of sulfone groups is 1. The first-order valence-electron chi connectivity index (χ1n) is 7.50. The van der Waals surface area contributed by atoms with Gasteiger partial charge in [-0.3, -0.25) is 14.6 Å². The summed E-state index contributed by atoms with van der Waals surface area (Å²) in [4.78, 5) is 37.7. The third-order valence-electron chi connectivity index (χ3n) is 3.70. The zero-order valence-corrected chi connectivity index (χ0v) is 15.4. The summed E-state index contributed by atoms with van der Waals surface area (Å²) in [7, 11) is -3.36. The number of ketones is 1. The van der Waals surface area contributed by atoms with Gasteiger partial charge in [-0.15, -0.1) is 0 Å². The maximum atomic E-state index is 12.6. The lowest BCUT2D eigenvalue weighted by Crippen LogP contribution is -2.30. The van der Waals surface area contributed by atoms with Crippen LogP contribution in [0.25, 0.3) is 5.69 Å². The minimum atomic E-state index is -3.36. The highest BCUT2D eigenvalue weighted by atomic mass is 35.5. The molecule has 0 aliphatic heterocycles. The van der Waals surface area contributed by atoms with Crippen LogP contribution in [0.15, 0.2) is 63.1 Å². The third kappa shape index (κ3) is 3.88. The third-order valence-corrected chi connectivity index (χ3v) is 5.14. The van der Waals surface area contributed by atoms with Gasteiger partial charge in [0.25, 0.3) is 5.56 Å². The lowest BCUT2D eigenvalue weighted by Gasteiger charge is -2.08. The van der Waals surface area contributed by atoms with Crippen LogP contribution < -0.4 is 11.2 Å². The molecule has 1 N–H and O–H groups in total. The number of nitrogens with zero attached hydrogens (tertiary/aromatic N) is 2. The van der Waals surface area contributed by atoms with Gasteiger partial charge in [-0.2, -0.15) is 9.78 Å². The predicted octanol–water partition coefficient (Wildman–Crippen LogP) is 1.21. The van der Waals surface area contributed by atoms with E-state index >= 15 is 0 Å². The second-order valence-corrected chi connectivity index (χ2v) is 8.06. The Morgan fingerprint density at radius 3 is 2.33 bits per heavy atom. The Hall–Kier alpha value is -3.04. The molecule has 27 heavy (non-hydrogen) atoms. The molecule has 0 aliphatic rings. The largest absolute Gasteiger partial charge is 0.349 e. The summed E-state index contributed by atoms with van der Waals surface area (Å²) in [5.74, 6) is -0.409. The Morgan fingerprint density at radius 1 is 1.11 bits per heavy atom. The van der Waals surface area contributed by atoms with Gasteiger partial charge in [0, 0.05) is 17.4 Å². The molecule has 3 aromatic rings. The van der Waals surface area contributed by atoms with E-state index in [9.17, 15) is 22.8 Å². The molecule has 0 bridgehead atoms. The van der Waals surface area contributed by atoms with Gasteiger partial charge in [0.2, 0.25) is 0 Å². The molecule has 0 radical (unpaired) electrons. The number of aromatic amines is 1. The van der Waals surface area contributed by atoms with E-state index in [1.165, 1.54) is 42.5 Å². The zero-order valence-electron chi connectivity index (χ0n) is 13.8. The smallest absolute Gasteiger partial charge is 0.289 e. The van der Waals surface area contributed by atoms with Crippen molar-refractivity contribution in [3.8, 4) is 5.69 Å². The number of carbonyl (C=O) groups excluding carboxylic acids is 1. The van der Waals surface area contributed by atoms with E-state index in [4.69, 9.17) is 11.6 Å². The van der Waals surface area contributed by atoms with Crippen molar-refractivity contribution in [2.45, 2.75) is 4.90 Å². The van der Waals surface area contributed by atoms with Crippen LogP contribution in [-0.4, -0.2) is 35.2 Å². The van der Waals surface area contributed by atoms with Gasteiger partial charge in [0.1, 0.15) is 6.20 Å². The standard InChI is InChI=1S/C17H12ClN3O5S/c1-27(25,26)12-5-2-10(3-6-12)16(23)13-7-4-11(8-14(13)18)21-17(24)20-15(22)9-19-21/h2-9H,1H3,(H,20,22,24). The number of nitrogens with one attached hydrogen (secondary N) is 1. The molecule has 8 nitrogen and oxygen atoms in total. The summed E-state index contributed by atoms with van der Waals surface area (Å²) in [6.07, 6.45) is 2.02. The average Bonchev–Trinajstić information content (AvgIpc) is 2.60. The van der Waals surface area contributed by atoms with Crippen molar-refractivity contribution in [2.24, 2.45) is 0 Å². The molecular formula is C17H12ClN3O5S. The number of H-pyrrole nitrogens is 1. The van der Waals surface area contributed by atoms with Gasteiger partial charge in [-0.05, 0) is 42.5 Å². The zero-order chi connectivity index (χ0) is 19.8. The van der Waals surface area contributed by atoms with E-state index in [0.29, 0.717) is 0 Å². The molecule has 1 heterocycles. The fourth-order valence-electron chi connectivity index (χ4n) is 2.37. The van der Waals surface area contributed by atoms with Crippen molar-refractivity contribution in [2.75, 3.05) is 6.26 Å². The van der Waals surface area contributed by atoms with Gasteiger partial charge in [-0.25, -0.2) is 13.2 Å². The first-order valence-corrected chi connectivity index (χ1v) is 9.77. The fourth-order valence-corrected chi connectivity index (χ4v) is 3.26. The van der Waals surface area contributed by atoms with Crippen molar-refractivity contribution in [3.05, 3.63) is 85.6 Å². The quantitative estimate of drug-likeness (QED) is 0.651. The topological polar surface area (TPSA) is 119 Å². The highest BCUT2D eigenvalue weighted by Gasteiger charge is 2.16. The van der Waals surface area contributed by atoms with Gasteiger partial charge in [0.15, 0.2) is 15.6 Å². The molecule has 0 atom stereocenters. The second kappa shape index (κ2) is 6.93. The van der Waals surface area contributed by atoms with Gasteiger partial charge in [-0.1, -0.05) is 11.6 Å². The van der Waals surface area contributed by atoms with E-state index in [1.54, 1.807) is 0 Å². The highest BCUT2D eigenvalue weighted by Crippen LogP contribution is 2.23. The monoisotopic (exact) mass is 405 g/mol. The Bertz CT molecular complexity index is 1260. The fraction of sp³-hybridized carbons (Fsp3) is 0.0588. The number of rotatable bonds is 4. The van der Waals surface area contributed by atoms with E-state index < -0.39 is 26.9 Å². The number of halogens is 1. The molecule has 0 amide bonds. The highest BCUT2D eigenvalue weighted by molar-refractivity contribution is 7.90. The van der Waals surface area contributed by atoms with Crippen LogP contribution in [-0.2, 0) is 9.84 Å². The minimum absolute atomic E-state index is 0.0737. The van der Waals surface area contributed by atoms with Crippen LogP contribution in [0.5, 0.6) is 0 Å². The molecule has 2 aromatic carbocycles. The van der Waals surface area contributed by atoms with E-state index in [1.807, 2.05) is 0 Å². The van der Waals surface area contributed by atoms with Crippen LogP contribution in [0.4, 0.5) is 0 Å². The number of aromatic nitrogens is 3. The Labute approximate surface area is 158 Å². The summed E-state index contributed by atoms with van der Waals surface area (Å²) in [5.41, 5.74) is -0.674. The number of hydrogen-bond donors (Lipinski definition) is 1. The minimum Gasteiger partial charge on any atom is -0.289 e. The molecule has 1 aromatic heterocycles. The van der Waals surface area contributed by atoms with Crippen LogP contribution in [0.2, 0.25) is 5.02 Å². The Kier molecular flexibility index (Phi) is 4.81. The van der Waals surface area contributed by atoms with Crippen LogP contribution >= 0.6 is 11.6 Å². The molecule has 0 spiro atoms. The maximum absolute atomic E-state index is 12.6. The van der Waals surface area contributed by atoms with Gasteiger partial charge in [0.05, 0.1) is 15.6 Å². The van der Waals surface area contributed by atoms with E-state index in [0.717, 1.165) is 17.1 Å². The average molecular weight is 406 g/mol. The number of carbonyl (C=O) groups is 1. The molecule has 0 unspecified atom stereocenters. The van der Waals surface area contributed by atoms with Crippen molar-refractivity contribution in [3.63, 3.8) is 0 Å². The second-order valence-electron chi connectivity index (χ2n) is 5.64. The normalized spacial score (nSPS) is 11.3. The Balaban J connectivity index is 1.97. The summed E-state index contributed by atoms with van der Waals surface area (Å²) < 4.78 is 23.9. The van der Waals surface area contributed by atoms with Crippen molar-refractivity contribution >= 4 is 27.2 Å². The first kappa shape index (κ1) is 18.7. The molecule has 3 rings (SSSR count). The van der Waals surface area contributed by atoms with Crippen molar-refractivity contribution in [1.29, 1.82) is 0 Å². The summed E-state index contributed by atoms with van der Waals surface area (Å²) >= 11 is 6.18. The van der Waals surface area contributed by atoms with E-state index in [-0.39, 0.29) is 26.7 Å². The van der Waals surface area contributed by atoms with Crippen LogP contribution in [0.1, 0.15) is 15.9 Å². The SMILES string of the molecule is CS(=O)(=O)c1ccc(C(=O)c2ccc(-n3ncc(=O)[nH]c3=O)cc2Cl)cc1. The lowest BCUT2D eigenvalue weighted by molar-refractivity contribution is 0.103. The van der Waals surface area contributed by atoms with Crippen molar-refractivity contribution < 1.29 is 13.2 Å². The predicted molar refractivity (Wildman–Crippen MR) is 98.4 cm³/mol. The molecule has 0 fully saturated rings. The molecule has 0 saturated heterocycles. The van der Waals surface area contributed by atoms with Gasteiger partial charge < -0.3 is 0 Å². The van der Waals surface area contributed by atoms with Crippen LogP contribution in [0, 0.1) is 0 Å². The molecule has 0 saturated carbocycles. The van der Waals surface area contributed by atoms with Gasteiger partial charge >= 0.3 is 5.69 Å². The first-order chi connectivity index (χ1) is 12.7. The number of hydrogen-bond acceptors (Lipinski definition) is 6. The summed E-state index contributed by atoms with van der Waals surface area (Å²) in [6.45, 7) is 0. The molecule has 10 heteroatoms. The molecular weight excluding hydrogens is 394 g/mol. The summed E-state index contributed by atoms with van der Waals surface area (Å²) in [5, 5.41) is 3.79. The summed E-state index contributed by atoms with van der Waals surface area (Å²) in [6, 6.07) is 9.73. The maximum Gasteiger partial charge on any atom is 0.349 e. The van der Waals surface area contributed by atoms with E-state index in [2.05, 4.69) is 10.1 Å².